The minimum atomic E-state index is 0.657. The minimum absolute atomic E-state index is 0.657. The summed E-state index contributed by atoms with van der Waals surface area (Å²) in [5, 5.41) is 15.4. The normalized spacial score (nSPS) is 15.5. The molecule has 2 heterocycles. The Bertz CT molecular complexity index is 663. The van der Waals surface area contributed by atoms with Crippen molar-refractivity contribution >= 4 is 10.9 Å². The van der Waals surface area contributed by atoms with Gasteiger partial charge in [0.1, 0.15) is 0 Å². The van der Waals surface area contributed by atoms with E-state index in [9.17, 15) is 0 Å². The fourth-order valence-corrected chi connectivity index (χ4v) is 2.33. The molecule has 1 aliphatic carbocycles. The van der Waals surface area contributed by atoms with E-state index in [0.717, 1.165) is 5.56 Å². The SMILES string of the molecule is c1cc(-c2nn[nH]n2)c2ccn(C3CC3)c2c1. The van der Waals surface area contributed by atoms with Crippen LogP contribution in [0.2, 0.25) is 0 Å². The van der Waals surface area contributed by atoms with Gasteiger partial charge in [-0.05, 0) is 30.2 Å². The van der Waals surface area contributed by atoms with Crippen LogP contribution in [-0.4, -0.2) is 25.2 Å². The summed E-state index contributed by atoms with van der Waals surface area (Å²) in [4.78, 5) is 0. The van der Waals surface area contributed by atoms with Crippen molar-refractivity contribution in [3.05, 3.63) is 30.5 Å². The van der Waals surface area contributed by atoms with Crippen molar-refractivity contribution in [1.82, 2.24) is 25.2 Å². The molecule has 0 atom stereocenters. The third kappa shape index (κ3) is 1.28. The van der Waals surface area contributed by atoms with E-state index in [1.807, 2.05) is 12.1 Å². The van der Waals surface area contributed by atoms with Crippen molar-refractivity contribution in [1.29, 1.82) is 0 Å². The molecule has 0 unspecified atom stereocenters. The molecular formula is C12H11N5. The Labute approximate surface area is 97.5 Å². The second-order valence-electron chi connectivity index (χ2n) is 4.43. The number of aromatic nitrogens is 5. The lowest BCUT2D eigenvalue weighted by Crippen LogP contribution is -1.90. The first-order valence-corrected chi connectivity index (χ1v) is 5.77. The molecule has 0 saturated heterocycles. The molecule has 5 heteroatoms. The lowest BCUT2D eigenvalue weighted by atomic mass is 10.1. The Kier molecular flexibility index (Phi) is 1.66. The summed E-state index contributed by atoms with van der Waals surface area (Å²) < 4.78 is 2.35. The van der Waals surface area contributed by atoms with Crippen molar-refractivity contribution in [3.63, 3.8) is 0 Å². The summed E-state index contributed by atoms with van der Waals surface area (Å²) in [6.07, 6.45) is 4.73. The van der Waals surface area contributed by atoms with Crippen LogP contribution in [0.1, 0.15) is 18.9 Å². The topological polar surface area (TPSA) is 59.4 Å². The lowest BCUT2D eigenvalue weighted by Gasteiger charge is -2.03. The zero-order valence-electron chi connectivity index (χ0n) is 9.17. The van der Waals surface area contributed by atoms with E-state index < -0.39 is 0 Å². The highest BCUT2D eigenvalue weighted by atomic mass is 15.5. The number of fused-ring (bicyclic) bond motifs is 1. The highest BCUT2D eigenvalue weighted by molar-refractivity contribution is 5.93. The highest BCUT2D eigenvalue weighted by Gasteiger charge is 2.24. The average Bonchev–Trinajstić information content (AvgIpc) is 2.93. The molecule has 1 aromatic carbocycles. The van der Waals surface area contributed by atoms with Crippen LogP contribution in [-0.2, 0) is 0 Å². The molecule has 0 aliphatic heterocycles. The number of benzene rings is 1. The molecule has 0 spiro atoms. The average molecular weight is 225 g/mol. The maximum Gasteiger partial charge on any atom is 0.205 e. The molecule has 1 fully saturated rings. The third-order valence-corrected chi connectivity index (χ3v) is 3.29. The Hall–Kier alpha value is -2.17. The number of hydrogen-bond acceptors (Lipinski definition) is 3. The maximum atomic E-state index is 4.05. The van der Waals surface area contributed by atoms with Crippen LogP contribution in [0.3, 0.4) is 0 Å². The molecule has 1 saturated carbocycles. The van der Waals surface area contributed by atoms with Crippen LogP contribution in [0, 0.1) is 0 Å². The first kappa shape index (κ1) is 8.92. The van der Waals surface area contributed by atoms with Gasteiger partial charge in [0, 0.05) is 28.7 Å². The van der Waals surface area contributed by atoms with Gasteiger partial charge >= 0.3 is 0 Å². The van der Waals surface area contributed by atoms with Crippen LogP contribution in [0.15, 0.2) is 30.5 Å². The van der Waals surface area contributed by atoms with Crippen LogP contribution < -0.4 is 0 Å². The fourth-order valence-electron chi connectivity index (χ4n) is 2.33. The van der Waals surface area contributed by atoms with Crippen molar-refractivity contribution < 1.29 is 0 Å². The van der Waals surface area contributed by atoms with Crippen LogP contribution in [0.25, 0.3) is 22.3 Å². The first-order chi connectivity index (χ1) is 8.43. The van der Waals surface area contributed by atoms with Crippen LogP contribution in [0.5, 0.6) is 0 Å². The van der Waals surface area contributed by atoms with Crippen molar-refractivity contribution in [2.75, 3.05) is 0 Å². The predicted molar refractivity (Wildman–Crippen MR) is 63.4 cm³/mol. The molecular weight excluding hydrogens is 214 g/mol. The Balaban J connectivity index is 1.99. The van der Waals surface area contributed by atoms with Gasteiger partial charge in [0.25, 0.3) is 0 Å². The van der Waals surface area contributed by atoms with Gasteiger partial charge in [-0.2, -0.15) is 5.21 Å². The van der Waals surface area contributed by atoms with Gasteiger partial charge < -0.3 is 4.57 Å². The number of nitrogens with zero attached hydrogens (tertiary/aromatic N) is 4. The molecule has 17 heavy (non-hydrogen) atoms. The van der Waals surface area contributed by atoms with E-state index in [-0.39, 0.29) is 0 Å². The molecule has 0 amide bonds. The number of nitrogens with one attached hydrogen (secondary N) is 1. The summed E-state index contributed by atoms with van der Waals surface area (Å²) in [5.74, 6) is 0.657. The van der Waals surface area contributed by atoms with E-state index in [4.69, 9.17) is 0 Å². The molecule has 84 valence electrons. The van der Waals surface area contributed by atoms with Crippen molar-refractivity contribution in [2.24, 2.45) is 0 Å². The number of aromatic amines is 1. The van der Waals surface area contributed by atoms with E-state index >= 15 is 0 Å². The third-order valence-electron chi connectivity index (χ3n) is 3.29. The van der Waals surface area contributed by atoms with Crippen molar-refractivity contribution in [3.8, 4) is 11.4 Å². The largest absolute Gasteiger partial charge is 0.344 e. The van der Waals surface area contributed by atoms with Gasteiger partial charge in [0.2, 0.25) is 5.82 Å². The molecule has 3 aromatic rings. The van der Waals surface area contributed by atoms with E-state index in [1.165, 1.54) is 23.7 Å². The summed E-state index contributed by atoms with van der Waals surface area (Å²) >= 11 is 0. The zero-order chi connectivity index (χ0) is 11.2. The van der Waals surface area contributed by atoms with Crippen LogP contribution >= 0.6 is 0 Å². The molecule has 1 aliphatic rings. The molecule has 5 nitrogen and oxygen atoms in total. The number of hydrogen-bond donors (Lipinski definition) is 1. The maximum absolute atomic E-state index is 4.05. The molecule has 0 radical (unpaired) electrons. The summed E-state index contributed by atoms with van der Waals surface area (Å²) in [5.41, 5.74) is 2.30. The molecule has 2 aromatic heterocycles. The standard InChI is InChI=1S/C12H11N5/c1-2-10(12-13-15-16-14-12)9-6-7-17(8-4-5-8)11(9)3-1/h1-3,6-8H,4-5H2,(H,13,14,15,16). The van der Waals surface area contributed by atoms with Gasteiger partial charge in [0.15, 0.2) is 0 Å². The second-order valence-corrected chi connectivity index (χ2v) is 4.43. The van der Waals surface area contributed by atoms with Crippen LogP contribution in [0.4, 0.5) is 0 Å². The van der Waals surface area contributed by atoms with Gasteiger partial charge in [-0.15, -0.1) is 10.2 Å². The fraction of sp³-hybridized carbons (Fsp3) is 0.250. The molecule has 0 bridgehead atoms. The zero-order valence-corrected chi connectivity index (χ0v) is 9.17. The smallest absolute Gasteiger partial charge is 0.205 e. The Morgan fingerprint density at radius 3 is 2.94 bits per heavy atom. The van der Waals surface area contributed by atoms with Gasteiger partial charge in [0.05, 0.1) is 0 Å². The number of tetrazole rings is 1. The molecule has 4 rings (SSSR count). The summed E-state index contributed by atoms with van der Waals surface area (Å²) in [6, 6.07) is 9.06. The first-order valence-electron chi connectivity index (χ1n) is 5.77. The second kappa shape index (κ2) is 3.16. The number of H-pyrrole nitrogens is 1. The van der Waals surface area contributed by atoms with E-state index in [1.54, 1.807) is 0 Å². The van der Waals surface area contributed by atoms with E-state index in [2.05, 4.69) is 43.5 Å². The monoisotopic (exact) mass is 225 g/mol. The van der Waals surface area contributed by atoms with E-state index in [0.29, 0.717) is 11.9 Å². The van der Waals surface area contributed by atoms with Gasteiger partial charge in [-0.1, -0.05) is 12.1 Å². The lowest BCUT2D eigenvalue weighted by molar-refractivity contribution is 0.776. The Morgan fingerprint density at radius 2 is 2.18 bits per heavy atom. The quantitative estimate of drug-likeness (QED) is 0.727. The van der Waals surface area contributed by atoms with Gasteiger partial charge in [-0.3, -0.25) is 0 Å². The minimum Gasteiger partial charge on any atom is -0.344 e. The van der Waals surface area contributed by atoms with Gasteiger partial charge in [-0.25, -0.2) is 0 Å². The number of rotatable bonds is 2. The molecule has 1 N–H and O–H groups in total. The Morgan fingerprint density at radius 1 is 1.24 bits per heavy atom. The van der Waals surface area contributed by atoms with Crippen molar-refractivity contribution in [2.45, 2.75) is 18.9 Å². The predicted octanol–water partition coefficient (Wildman–Crippen LogP) is 2.16. The highest BCUT2D eigenvalue weighted by Crippen LogP contribution is 2.39. The summed E-state index contributed by atoms with van der Waals surface area (Å²) in [7, 11) is 0. The summed E-state index contributed by atoms with van der Waals surface area (Å²) in [6.45, 7) is 0.